The highest BCUT2D eigenvalue weighted by molar-refractivity contribution is 5.52. The van der Waals surface area contributed by atoms with Gasteiger partial charge in [0.2, 0.25) is 0 Å². The van der Waals surface area contributed by atoms with Crippen molar-refractivity contribution in [3.63, 3.8) is 0 Å². The minimum Gasteiger partial charge on any atom is -0.378 e. The van der Waals surface area contributed by atoms with Gasteiger partial charge in [-0.2, -0.15) is 0 Å². The van der Waals surface area contributed by atoms with Crippen LogP contribution < -0.4 is 5.32 Å². The molecule has 0 fully saturated rings. The normalized spacial score (nSPS) is 10.3. The first-order chi connectivity index (χ1) is 9.47. The zero-order valence-electron chi connectivity index (χ0n) is 10.7. The summed E-state index contributed by atoms with van der Waals surface area (Å²) in [5, 5.41) is 13.4. The molecular formula is C14H12F2N2O2. The first-order valence-electron chi connectivity index (χ1n) is 5.90. The van der Waals surface area contributed by atoms with Crippen LogP contribution in [0.1, 0.15) is 11.1 Å². The summed E-state index contributed by atoms with van der Waals surface area (Å²) in [4.78, 5) is 10.0. The van der Waals surface area contributed by atoms with E-state index >= 15 is 0 Å². The second kappa shape index (κ2) is 5.64. The molecule has 0 saturated heterocycles. The molecule has 4 nitrogen and oxygen atoms in total. The molecule has 0 saturated carbocycles. The van der Waals surface area contributed by atoms with Crippen molar-refractivity contribution >= 4 is 11.4 Å². The molecule has 104 valence electrons. The highest BCUT2D eigenvalue weighted by Gasteiger charge is 2.10. The second-order valence-electron chi connectivity index (χ2n) is 4.36. The zero-order chi connectivity index (χ0) is 14.7. The molecule has 0 aromatic heterocycles. The lowest BCUT2D eigenvalue weighted by molar-refractivity contribution is -0.384. The van der Waals surface area contributed by atoms with Crippen LogP contribution in [0.15, 0.2) is 36.4 Å². The Kier molecular flexibility index (Phi) is 3.93. The monoisotopic (exact) mass is 278 g/mol. The number of non-ortho nitro benzene ring substituents is 1. The fourth-order valence-electron chi connectivity index (χ4n) is 1.78. The molecule has 0 spiro atoms. The van der Waals surface area contributed by atoms with Gasteiger partial charge in [0, 0.05) is 18.7 Å². The third kappa shape index (κ3) is 3.09. The number of nitrogens with one attached hydrogen (secondary N) is 1. The number of nitrogens with zero attached hydrogens (tertiary/aromatic N) is 1. The number of rotatable bonds is 4. The number of nitro benzene ring substituents is 1. The lowest BCUT2D eigenvalue weighted by Crippen LogP contribution is -2.03. The van der Waals surface area contributed by atoms with Crippen molar-refractivity contribution in [2.75, 3.05) is 5.32 Å². The van der Waals surface area contributed by atoms with Crippen LogP contribution in [0, 0.1) is 28.7 Å². The predicted molar refractivity (Wildman–Crippen MR) is 71.5 cm³/mol. The standard InChI is InChI=1S/C14H12F2N2O2/c1-9-6-10(2-4-12(9)15)8-17-14-7-11(18(19)20)3-5-13(14)16/h2-7,17H,8H2,1H3. The summed E-state index contributed by atoms with van der Waals surface area (Å²) in [7, 11) is 0. The average molecular weight is 278 g/mol. The maximum Gasteiger partial charge on any atom is 0.271 e. The van der Waals surface area contributed by atoms with E-state index < -0.39 is 10.7 Å². The smallest absolute Gasteiger partial charge is 0.271 e. The Labute approximate surface area is 114 Å². The van der Waals surface area contributed by atoms with E-state index in [2.05, 4.69) is 5.32 Å². The van der Waals surface area contributed by atoms with Crippen LogP contribution in [0.5, 0.6) is 0 Å². The number of nitro groups is 1. The number of hydrogen-bond acceptors (Lipinski definition) is 3. The van der Waals surface area contributed by atoms with Gasteiger partial charge in [0.05, 0.1) is 10.6 Å². The third-order valence-corrected chi connectivity index (χ3v) is 2.87. The molecule has 6 heteroatoms. The predicted octanol–water partition coefficient (Wildman–Crippen LogP) is 3.79. The van der Waals surface area contributed by atoms with E-state index in [4.69, 9.17) is 0 Å². The Morgan fingerprint density at radius 1 is 1.15 bits per heavy atom. The fourth-order valence-corrected chi connectivity index (χ4v) is 1.78. The van der Waals surface area contributed by atoms with E-state index in [0.717, 1.165) is 23.8 Å². The van der Waals surface area contributed by atoms with Gasteiger partial charge in [-0.05, 0) is 30.2 Å². The number of benzene rings is 2. The maximum absolute atomic E-state index is 13.5. The van der Waals surface area contributed by atoms with Gasteiger partial charge in [-0.3, -0.25) is 10.1 Å². The molecule has 0 amide bonds. The average Bonchev–Trinajstić information content (AvgIpc) is 2.41. The van der Waals surface area contributed by atoms with Gasteiger partial charge in [0.25, 0.3) is 5.69 Å². The fraction of sp³-hybridized carbons (Fsp3) is 0.143. The summed E-state index contributed by atoms with van der Waals surface area (Å²) in [6, 6.07) is 7.81. The SMILES string of the molecule is Cc1cc(CNc2cc([N+](=O)[O-])ccc2F)ccc1F. The Balaban J connectivity index is 2.15. The van der Waals surface area contributed by atoms with Crippen molar-refractivity contribution in [2.24, 2.45) is 0 Å². The molecule has 0 bridgehead atoms. The number of hydrogen-bond donors (Lipinski definition) is 1. The van der Waals surface area contributed by atoms with E-state index in [1.54, 1.807) is 19.1 Å². The lowest BCUT2D eigenvalue weighted by Gasteiger charge is -2.08. The lowest BCUT2D eigenvalue weighted by atomic mass is 10.1. The molecule has 0 heterocycles. The topological polar surface area (TPSA) is 55.2 Å². The Bertz CT molecular complexity index is 660. The van der Waals surface area contributed by atoms with Crippen LogP contribution in [0.4, 0.5) is 20.2 Å². The molecule has 20 heavy (non-hydrogen) atoms. The summed E-state index contributed by atoms with van der Waals surface area (Å²) >= 11 is 0. The Hall–Kier alpha value is -2.50. The van der Waals surface area contributed by atoms with Gasteiger partial charge in [-0.1, -0.05) is 12.1 Å². The van der Waals surface area contributed by atoms with E-state index in [0.29, 0.717) is 5.56 Å². The highest BCUT2D eigenvalue weighted by atomic mass is 19.1. The molecule has 2 aromatic carbocycles. The molecule has 0 aliphatic carbocycles. The highest BCUT2D eigenvalue weighted by Crippen LogP contribution is 2.22. The molecular weight excluding hydrogens is 266 g/mol. The summed E-state index contributed by atoms with van der Waals surface area (Å²) in [5.74, 6) is -0.885. The van der Waals surface area contributed by atoms with E-state index in [1.807, 2.05) is 0 Å². The Morgan fingerprint density at radius 2 is 1.85 bits per heavy atom. The van der Waals surface area contributed by atoms with Gasteiger partial charge in [0.1, 0.15) is 11.6 Å². The Morgan fingerprint density at radius 3 is 2.50 bits per heavy atom. The van der Waals surface area contributed by atoms with Crippen molar-refractivity contribution in [3.05, 3.63) is 69.3 Å². The first-order valence-corrected chi connectivity index (χ1v) is 5.90. The molecule has 1 N–H and O–H groups in total. The number of aryl methyl sites for hydroxylation is 1. The molecule has 0 aliphatic rings. The largest absolute Gasteiger partial charge is 0.378 e. The summed E-state index contributed by atoms with van der Waals surface area (Å²) in [6.45, 7) is 1.88. The number of anilines is 1. The molecule has 0 unspecified atom stereocenters. The van der Waals surface area contributed by atoms with E-state index in [-0.39, 0.29) is 23.7 Å². The van der Waals surface area contributed by atoms with Gasteiger partial charge < -0.3 is 5.32 Å². The van der Waals surface area contributed by atoms with Crippen LogP contribution in [0.2, 0.25) is 0 Å². The molecule has 0 atom stereocenters. The summed E-state index contributed by atoms with van der Waals surface area (Å²) < 4.78 is 26.6. The summed E-state index contributed by atoms with van der Waals surface area (Å²) in [6.07, 6.45) is 0. The van der Waals surface area contributed by atoms with Crippen molar-refractivity contribution in [1.82, 2.24) is 0 Å². The van der Waals surface area contributed by atoms with Crippen molar-refractivity contribution < 1.29 is 13.7 Å². The van der Waals surface area contributed by atoms with Crippen LogP contribution in [-0.2, 0) is 6.54 Å². The van der Waals surface area contributed by atoms with Crippen LogP contribution in [0.3, 0.4) is 0 Å². The van der Waals surface area contributed by atoms with Gasteiger partial charge >= 0.3 is 0 Å². The maximum atomic E-state index is 13.5. The van der Waals surface area contributed by atoms with Crippen molar-refractivity contribution in [2.45, 2.75) is 13.5 Å². The van der Waals surface area contributed by atoms with Crippen molar-refractivity contribution in [3.8, 4) is 0 Å². The quantitative estimate of drug-likeness (QED) is 0.683. The van der Waals surface area contributed by atoms with Gasteiger partial charge in [0.15, 0.2) is 0 Å². The van der Waals surface area contributed by atoms with Gasteiger partial charge in [-0.25, -0.2) is 8.78 Å². The zero-order valence-corrected chi connectivity index (χ0v) is 10.7. The van der Waals surface area contributed by atoms with E-state index in [1.165, 1.54) is 6.07 Å². The van der Waals surface area contributed by atoms with E-state index in [9.17, 15) is 18.9 Å². The van der Waals surface area contributed by atoms with Crippen molar-refractivity contribution in [1.29, 1.82) is 0 Å². The molecule has 0 radical (unpaired) electrons. The van der Waals surface area contributed by atoms with Crippen LogP contribution in [-0.4, -0.2) is 4.92 Å². The minimum atomic E-state index is -0.591. The second-order valence-corrected chi connectivity index (χ2v) is 4.36. The summed E-state index contributed by atoms with van der Waals surface area (Å²) in [5.41, 5.74) is 1.10. The number of halogens is 2. The minimum absolute atomic E-state index is 0.0428. The first kappa shape index (κ1) is 13.9. The van der Waals surface area contributed by atoms with Crippen LogP contribution >= 0.6 is 0 Å². The third-order valence-electron chi connectivity index (χ3n) is 2.87. The molecule has 2 rings (SSSR count). The molecule has 2 aromatic rings. The van der Waals surface area contributed by atoms with Crippen LogP contribution in [0.25, 0.3) is 0 Å². The van der Waals surface area contributed by atoms with Gasteiger partial charge in [-0.15, -0.1) is 0 Å². The molecule has 0 aliphatic heterocycles.